The summed E-state index contributed by atoms with van der Waals surface area (Å²) in [6.07, 6.45) is 1.70. The number of rotatable bonds is 3. The maximum absolute atomic E-state index is 5.68. The molecule has 0 saturated heterocycles. The highest BCUT2D eigenvalue weighted by Gasteiger charge is 2.07. The minimum Gasteiger partial charge on any atom is -0.397 e. The minimum absolute atomic E-state index is 0.714. The van der Waals surface area contributed by atoms with Crippen LogP contribution >= 0.6 is 11.3 Å². The number of hydrogen-bond donors (Lipinski definition) is 1. The van der Waals surface area contributed by atoms with Crippen LogP contribution in [0.3, 0.4) is 0 Å². The fourth-order valence-electron chi connectivity index (χ4n) is 1.70. The number of hydrogen-bond acceptors (Lipinski definition) is 4. The molecule has 0 spiro atoms. The van der Waals surface area contributed by atoms with Gasteiger partial charge in [0.25, 0.3) is 0 Å². The van der Waals surface area contributed by atoms with Crippen molar-refractivity contribution in [2.24, 2.45) is 0 Å². The number of aromatic nitrogens is 1. The maximum Gasteiger partial charge on any atom is 0.131 e. The highest BCUT2D eigenvalue weighted by Crippen LogP contribution is 2.20. The van der Waals surface area contributed by atoms with E-state index >= 15 is 0 Å². The summed E-state index contributed by atoms with van der Waals surface area (Å²) in [5.41, 5.74) is 7.51. The molecule has 0 unspecified atom stereocenters. The van der Waals surface area contributed by atoms with Crippen molar-refractivity contribution in [1.29, 1.82) is 0 Å². The predicted octanol–water partition coefficient (Wildman–Crippen LogP) is 2.67. The minimum atomic E-state index is 0.714. The van der Waals surface area contributed by atoms with Crippen LogP contribution in [-0.4, -0.2) is 12.0 Å². The topological polar surface area (TPSA) is 42.1 Å². The second-order valence-corrected chi connectivity index (χ2v) is 4.88. The molecule has 2 heterocycles. The lowest BCUT2D eigenvalue weighted by atomic mass is 10.2. The number of aryl methyl sites for hydroxylation is 1. The van der Waals surface area contributed by atoms with E-state index in [1.165, 1.54) is 4.88 Å². The lowest BCUT2D eigenvalue weighted by Gasteiger charge is -2.19. The number of nitrogens with two attached hydrogens (primary N) is 1. The van der Waals surface area contributed by atoms with E-state index in [4.69, 9.17) is 5.73 Å². The van der Waals surface area contributed by atoms with E-state index in [-0.39, 0.29) is 0 Å². The quantitative estimate of drug-likeness (QED) is 0.886. The van der Waals surface area contributed by atoms with Crippen LogP contribution in [0.1, 0.15) is 10.4 Å². The predicted molar refractivity (Wildman–Crippen MR) is 69.8 cm³/mol. The second-order valence-electron chi connectivity index (χ2n) is 3.84. The lowest BCUT2D eigenvalue weighted by molar-refractivity contribution is 0.905. The number of thiophene rings is 1. The normalized spacial score (nSPS) is 10.4. The van der Waals surface area contributed by atoms with Crippen molar-refractivity contribution in [2.75, 3.05) is 17.7 Å². The van der Waals surface area contributed by atoms with Gasteiger partial charge in [-0.05, 0) is 30.0 Å². The molecule has 0 amide bonds. The number of pyridine rings is 1. The molecule has 16 heavy (non-hydrogen) atoms. The van der Waals surface area contributed by atoms with Crippen molar-refractivity contribution in [3.05, 3.63) is 40.2 Å². The standard InChI is InChI=1S/C12H15N3S/c1-9-6-10(13)7-14-12(9)15(2)8-11-4-3-5-16-11/h3-7H,8,13H2,1-2H3. The zero-order valence-electron chi connectivity index (χ0n) is 9.47. The summed E-state index contributed by atoms with van der Waals surface area (Å²) in [5.74, 6) is 0.989. The Morgan fingerprint density at radius 2 is 2.31 bits per heavy atom. The first-order valence-corrected chi connectivity index (χ1v) is 6.00. The van der Waals surface area contributed by atoms with Crippen LogP contribution in [0.5, 0.6) is 0 Å². The number of nitrogen functional groups attached to an aromatic ring is 1. The van der Waals surface area contributed by atoms with E-state index in [1.807, 2.05) is 20.0 Å². The largest absolute Gasteiger partial charge is 0.397 e. The van der Waals surface area contributed by atoms with Crippen molar-refractivity contribution in [3.63, 3.8) is 0 Å². The molecule has 0 saturated carbocycles. The molecule has 2 aromatic rings. The van der Waals surface area contributed by atoms with Gasteiger partial charge in [-0.3, -0.25) is 0 Å². The average Bonchev–Trinajstić information content (AvgIpc) is 2.70. The van der Waals surface area contributed by atoms with Gasteiger partial charge in [0.2, 0.25) is 0 Å². The Morgan fingerprint density at radius 1 is 1.50 bits per heavy atom. The highest BCUT2D eigenvalue weighted by molar-refractivity contribution is 7.09. The van der Waals surface area contributed by atoms with Crippen molar-refractivity contribution in [2.45, 2.75) is 13.5 Å². The molecule has 0 radical (unpaired) electrons. The molecule has 84 valence electrons. The molecule has 0 aliphatic heterocycles. The fraction of sp³-hybridized carbons (Fsp3) is 0.250. The summed E-state index contributed by atoms with van der Waals surface area (Å²) < 4.78 is 0. The first kappa shape index (κ1) is 11.0. The molecule has 0 aliphatic carbocycles. The lowest BCUT2D eigenvalue weighted by Crippen LogP contribution is -2.18. The van der Waals surface area contributed by atoms with E-state index in [1.54, 1.807) is 17.5 Å². The van der Waals surface area contributed by atoms with Crippen LogP contribution < -0.4 is 10.6 Å². The molecule has 4 heteroatoms. The molecular weight excluding hydrogens is 218 g/mol. The van der Waals surface area contributed by atoms with Crippen LogP contribution in [0.15, 0.2) is 29.8 Å². The van der Waals surface area contributed by atoms with E-state index in [0.29, 0.717) is 5.69 Å². The van der Waals surface area contributed by atoms with Crippen LogP contribution in [0.2, 0.25) is 0 Å². The second kappa shape index (κ2) is 4.53. The monoisotopic (exact) mass is 233 g/mol. The van der Waals surface area contributed by atoms with E-state index in [9.17, 15) is 0 Å². The molecule has 0 atom stereocenters. The third kappa shape index (κ3) is 2.33. The summed E-state index contributed by atoms with van der Waals surface area (Å²) in [6.45, 7) is 2.92. The number of nitrogens with zero attached hydrogens (tertiary/aromatic N) is 2. The molecule has 3 nitrogen and oxygen atoms in total. The summed E-state index contributed by atoms with van der Waals surface area (Å²) in [7, 11) is 2.05. The molecule has 0 aliphatic rings. The molecule has 0 aromatic carbocycles. The summed E-state index contributed by atoms with van der Waals surface area (Å²) in [5, 5.41) is 2.09. The van der Waals surface area contributed by atoms with Crippen molar-refractivity contribution >= 4 is 22.8 Å². The van der Waals surface area contributed by atoms with Gasteiger partial charge in [-0.1, -0.05) is 6.07 Å². The van der Waals surface area contributed by atoms with Crippen LogP contribution in [0.4, 0.5) is 11.5 Å². The van der Waals surface area contributed by atoms with Crippen LogP contribution in [0, 0.1) is 6.92 Å². The molecule has 0 bridgehead atoms. The van der Waals surface area contributed by atoms with E-state index in [0.717, 1.165) is 17.9 Å². The summed E-state index contributed by atoms with van der Waals surface area (Å²) in [6, 6.07) is 6.15. The van der Waals surface area contributed by atoms with Crippen molar-refractivity contribution in [3.8, 4) is 0 Å². The third-order valence-electron chi connectivity index (χ3n) is 2.41. The Labute approximate surface area is 99.5 Å². The zero-order valence-corrected chi connectivity index (χ0v) is 10.3. The van der Waals surface area contributed by atoms with Gasteiger partial charge in [0.15, 0.2) is 0 Å². The van der Waals surface area contributed by atoms with Gasteiger partial charge in [0, 0.05) is 11.9 Å². The Balaban J connectivity index is 2.17. The van der Waals surface area contributed by atoms with Crippen LogP contribution in [0.25, 0.3) is 0 Å². The summed E-state index contributed by atoms with van der Waals surface area (Å²) in [4.78, 5) is 7.84. The molecule has 0 fully saturated rings. The SMILES string of the molecule is Cc1cc(N)cnc1N(C)Cc1cccs1. The Morgan fingerprint density at radius 3 is 2.94 bits per heavy atom. The maximum atomic E-state index is 5.68. The van der Waals surface area contributed by atoms with Crippen LogP contribution in [-0.2, 0) is 6.54 Å². The van der Waals surface area contributed by atoms with Gasteiger partial charge in [-0.25, -0.2) is 4.98 Å². The van der Waals surface area contributed by atoms with Gasteiger partial charge in [0.05, 0.1) is 18.4 Å². The van der Waals surface area contributed by atoms with Gasteiger partial charge >= 0.3 is 0 Å². The molecule has 2 N–H and O–H groups in total. The highest BCUT2D eigenvalue weighted by atomic mass is 32.1. The van der Waals surface area contributed by atoms with Crippen molar-refractivity contribution < 1.29 is 0 Å². The number of anilines is 2. The first-order valence-electron chi connectivity index (χ1n) is 5.12. The van der Waals surface area contributed by atoms with Gasteiger partial charge in [-0.2, -0.15) is 0 Å². The zero-order chi connectivity index (χ0) is 11.5. The van der Waals surface area contributed by atoms with E-state index in [2.05, 4.69) is 27.4 Å². The van der Waals surface area contributed by atoms with Crippen molar-refractivity contribution in [1.82, 2.24) is 4.98 Å². The van der Waals surface area contributed by atoms with Gasteiger partial charge in [-0.15, -0.1) is 11.3 Å². The smallest absolute Gasteiger partial charge is 0.131 e. The average molecular weight is 233 g/mol. The van der Waals surface area contributed by atoms with E-state index < -0.39 is 0 Å². The Bertz CT molecular complexity index is 465. The summed E-state index contributed by atoms with van der Waals surface area (Å²) >= 11 is 1.76. The first-order chi connectivity index (χ1) is 7.66. The molecule has 2 aromatic heterocycles. The Hall–Kier alpha value is -1.55. The van der Waals surface area contributed by atoms with Gasteiger partial charge in [0.1, 0.15) is 5.82 Å². The molecular formula is C12H15N3S. The van der Waals surface area contributed by atoms with Gasteiger partial charge < -0.3 is 10.6 Å². The Kier molecular flexibility index (Phi) is 3.10. The molecule has 2 rings (SSSR count). The fourth-order valence-corrected chi connectivity index (χ4v) is 2.46. The third-order valence-corrected chi connectivity index (χ3v) is 3.27.